The van der Waals surface area contributed by atoms with Gasteiger partial charge in [0, 0.05) is 13.2 Å². The fraction of sp³-hybridized carbons (Fsp3) is 0.500. The zero-order valence-corrected chi connectivity index (χ0v) is 13.1. The molecule has 2 rings (SSSR count). The highest BCUT2D eigenvalue weighted by Crippen LogP contribution is 2.20. The summed E-state index contributed by atoms with van der Waals surface area (Å²) >= 11 is 0. The molecule has 0 N–H and O–H groups in total. The summed E-state index contributed by atoms with van der Waals surface area (Å²) in [5.41, 5.74) is 2.95. The largest absolute Gasteiger partial charge is 0.347 e. The molecule has 0 amide bonds. The van der Waals surface area contributed by atoms with E-state index in [9.17, 15) is 0 Å². The lowest BCUT2D eigenvalue weighted by atomic mass is 10.0. The van der Waals surface area contributed by atoms with E-state index in [4.69, 9.17) is 9.47 Å². The third-order valence-corrected chi connectivity index (χ3v) is 3.19. The molecule has 0 saturated heterocycles. The highest BCUT2D eigenvalue weighted by molar-refractivity contribution is 5.36. The van der Waals surface area contributed by atoms with Crippen molar-refractivity contribution in [1.82, 2.24) is 15.0 Å². The minimum absolute atomic E-state index is 0.456. The molecule has 0 atom stereocenters. The van der Waals surface area contributed by atoms with E-state index in [-0.39, 0.29) is 0 Å². The maximum Gasteiger partial charge on any atom is 0.204 e. The van der Waals surface area contributed by atoms with Crippen molar-refractivity contribution >= 4 is 0 Å². The summed E-state index contributed by atoms with van der Waals surface area (Å²) in [6.45, 7) is 9.35. The van der Waals surface area contributed by atoms with Crippen LogP contribution in [0.15, 0.2) is 30.5 Å². The molecule has 1 heterocycles. The quantitative estimate of drug-likeness (QED) is 0.732. The second kappa shape index (κ2) is 7.33. The van der Waals surface area contributed by atoms with Crippen molar-refractivity contribution in [2.45, 2.75) is 39.9 Å². The number of hydrogen-bond acceptors (Lipinski definition) is 4. The van der Waals surface area contributed by atoms with Crippen LogP contribution < -0.4 is 0 Å². The Hall–Kier alpha value is -1.72. The van der Waals surface area contributed by atoms with E-state index in [0.29, 0.717) is 24.8 Å². The van der Waals surface area contributed by atoms with Gasteiger partial charge in [-0.1, -0.05) is 31.2 Å². The molecular weight excluding hydrogens is 266 g/mol. The second-order valence-electron chi connectivity index (χ2n) is 5.08. The van der Waals surface area contributed by atoms with Crippen molar-refractivity contribution in [3.8, 4) is 5.69 Å². The maximum absolute atomic E-state index is 5.54. The van der Waals surface area contributed by atoms with E-state index in [0.717, 1.165) is 5.69 Å². The number of aromatic nitrogens is 3. The fourth-order valence-corrected chi connectivity index (χ4v) is 2.06. The molecule has 0 radical (unpaired) electrons. The van der Waals surface area contributed by atoms with Crippen LogP contribution in [0.3, 0.4) is 0 Å². The number of ether oxygens (including phenoxy) is 2. The highest BCUT2D eigenvalue weighted by atomic mass is 16.7. The van der Waals surface area contributed by atoms with Crippen LogP contribution >= 0.6 is 0 Å². The molecule has 0 aliphatic heterocycles. The van der Waals surface area contributed by atoms with Crippen molar-refractivity contribution in [1.29, 1.82) is 0 Å². The zero-order chi connectivity index (χ0) is 15.2. The van der Waals surface area contributed by atoms with Crippen molar-refractivity contribution in [2.24, 2.45) is 0 Å². The van der Waals surface area contributed by atoms with Crippen LogP contribution in [0.5, 0.6) is 0 Å². The van der Waals surface area contributed by atoms with Gasteiger partial charge < -0.3 is 9.47 Å². The molecule has 0 bridgehead atoms. The number of benzene rings is 1. The highest BCUT2D eigenvalue weighted by Gasteiger charge is 2.16. The third-order valence-electron chi connectivity index (χ3n) is 3.19. The van der Waals surface area contributed by atoms with Crippen molar-refractivity contribution in [2.75, 3.05) is 13.2 Å². The molecular formula is C16H23N3O2. The first kappa shape index (κ1) is 15.7. The minimum Gasteiger partial charge on any atom is -0.347 e. The van der Waals surface area contributed by atoms with Gasteiger partial charge in [0.05, 0.1) is 11.9 Å². The average Bonchev–Trinajstić information content (AvgIpc) is 2.97. The lowest BCUT2D eigenvalue weighted by Crippen LogP contribution is -2.09. The Morgan fingerprint density at radius 3 is 2.48 bits per heavy atom. The van der Waals surface area contributed by atoms with Gasteiger partial charge in [0.1, 0.15) is 5.69 Å². The topological polar surface area (TPSA) is 49.2 Å². The molecule has 0 spiro atoms. The maximum atomic E-state index is 5.54. The van der Waals surface area contributed by atoms with Crippen LogP contribution in [0.1, 0.15) is 51.2 Å². The smallest absolute Gasteiger partial charge is 0.204 e. The number of nitrogens with zero attached hydrogens (tertiary/aromatic N) is 3. The SMILES string of the molecule is CCOC(OCC)c1cn(-c2cccc(C(C)C)c2)nn1. The van der Waals surface area contributed by atoms with Gasteiger partial charge in [-0.3, -0.25) is 0 Å². The lowest BCUT2D eigenvalue weighted by Gasteiger charge is -2.13. The first-order valence-corrected chi connectivity index (χ1v) is 7.41. The molecule has 0 unspecified atom stereocenters. The van der Waals surface area contributed by atoms with Crippen LogP contribution in [-0.4, -0.2) is 28.2 Å². The Bertz CT molecular complexity index is 560. The van der Waals surface area contributed by atoms with Crippen LogP contribution in [0.25, 0.3) is 5.69 Å². The zero-order valence-electron chi connectivity index (χ0n) is 13.1. The van der Waals surface area contributed by atoms with Gasteiger partial charge in [0.25, 0.3) is 0 Å². The monoisotopic (exact) mass is 289 g/mol. The molecule has 5 heteroatoms. The van der Waals surface area contributed by atoms with Gasteiger partial charge in [-0.15, -0.1) is 5.10 Å². The second-order valence-corrected chi connectivity index (χ2v) is 5.08. The molecule has 0 aliphatic rings. The Kier molecular flexibility index (Phi) is 5.47. The number of hydrogen-bond donors (Lipinski definition) is 0. The molecule has 1 aromatic carbocycles. The Morgan fingerprint density at radius 1 is 1.14 bits per heavy atom. The van der Waals surface area contributed by atoms with Crippen molar-refractivity contribution in [3.63, 3.8) is 0 Å². The Morgan fingerprint density at radius 2 is 1.86 bits per heavy atom. The van der Waals surface area contributed by atoms with E-state index in [1.807, 2.05) is 32.2 Å². The molecule has 114 valence electrons. The molecule has 21 heavy (non-hydrogen) atoms. The summed E-state index contributed by atoms with van der Waals surface area (Å²) < 4.78 is 12.8. The third kappa shape index (κ3) is 3.89. The van der Waals surface area contributed by atoms with Gasteiger partial charge in [-0.25, -0.2) is 4.68 Å². The normalized spacial score (nSPS) is 11.5. The predicted molar refractivity (Wildman–Crippen MR) is 81.4 cm³/mol. The van der Waals surface area contributed by atoms with Crippen molar-refractivity contribution < 1.29 is 9.47 Å². The molecule has 0 fully saturated rings. The summed E-state index contributed by atoms with van der Waals surface area (Å²) in [4.78, 5) is 0. The first-order valence-electron chi connectivity index (χ1n) is 7.41. The minimum atomic E-state index is -0.456. The first-order chi connectivity index (χ1) is 10.2. The molecule has 1 aromatic heterocycles. The lowest BCUT2D eigenvalue weighted by molar-refractivity contribution is -0.142. The van der Waals surface area contributed by atoms with Crippen molar-refractivity contribution in [3.05, 3.63) is 41.7 Å². The summed E-state index contributed by atoms with van der Waals surface area (Å²) in [6, 6.07) is 8.30. The van der Waals surface area contributed by atoms with Gasteiger partial charge >= 0.3 is 0 Å². The van der Waals surface area contributed by atoms with Gasteiger partial charge in [0.2, 0.25) is 6.29 Å². The van der Waals surface area contributed by atoms with E-state index in [2.05, 4.69) is 36.3 Å². The molecule has 0 saturated carbocycles. The van der Waals surface area contributed by atoms with Crippen LogP contribution in [-0.2, 0) is 9.47 Å². The summed E-state index contributed by atoms with van der Waals surface area (Å²) in [7, 11) is 0. The Balaban J connectivity index is 2.24. The summed E-state index contributed by atoms with van der Waals surface area (Å²) in [5.74, 6) is 0.479. The van der Waals surface area contributed by atoms with Crippen LogP contribution in [0, 0.1) is 0 Å². The van der Waals surface area contributed by atoms with Crippen LogP contribution in [0.4, 0.5) is 0 Å². The van der Waals surface area contributed by atoms with Gasteiger partial charge in [-0.2, -0.15) is 0 Å². The van der Waals surface area contributed by atoms with E-state index in [1.165, 1.54) is 5.56 Å². The van der Waals surface area contributed by atoms with Crippen LogP contribution in [0.2, 0.25) is 0 Å². The molecule has 5 nitrogen and oxygen atoms in total. The summed E-state index contributed by atoms with van der Waals surface area (Å²) in [5, 5.41) is 8.35. The van der Waals surface area contributed by atoms with E-state index in [1.54, 1.807) is 4.68 Å². The molecule has 2 aromatic rings. The predicted octanol–water partition coefficient (Wildman–Crippen LogP) is 3.46. The van der Waals surface area contributed by atoms with Gasteiger partial charge in [-0.05, 0) is 37.5 Å². The molecule has 0 aliphatic carbocycles. The summed E-state index contributed by atoms with van der Waals surface area (Å²) in [6.07, 6.45) is 1.40. The van der Waals surface area contributed by atoms with E-state index < -0.39 is 6.29 Å². The number of rotatable bonds is 7. The van der Waals surface area contributed by atoms with E-state index >= 15 is 0 Å². The van der Waals surface area contributed by atoms with Gasteiger partial charge in [0.15, 0.2) is 0 Å². The standard InChI is InChI=1S/C16H23N3O2/c1-5-20-16(21-6-2)15-11-19(18-17-15)14-9-7-8-13(10-14)12(3)4/h7-12,16H,5-6H2,1-4H3. The average molecular weight is 289 g/mol. The fourth-order valence-electron chi connectivity index (χ4n) is 2.06. The Labute approximate surface area is 125 Å².